The molecular weight excluding hydrogens is 600 g/mol. The summed E-state index contributed by atoms with van der Waals surface area (Å²) in [5.41, 5.74) is 6.70. The number of carbonyl (C=O) groups is 2. The maximum atomic E-state index is 13.5. The Bertz CT molecular complexity index is 2050. The fraction of sp³-hybridized carbons (Fsp3) is 0.429. The summed E-state index contributed by atoms with van der Waals surface area (Å²) in [4.78, 5) is 55.4. The first-order chi connectivity index (χ1) is 22.5. The lowest BCUT2D eigenvalue weighted by Crippen LogP contribution is -2.46. The number of nitrogens with one attached hydrogen (secondary N) is 1. The molecule has 4 aromatic rings. The van der Waals surface area contributed by atoms with E-state index in [-0.39, 0.29) is 35.7 Å². The Morgan fingerprint density at radius 2 is 1.66 bits per heavy atom. The van der Waals surface area contributed by atoms with E-state index in [1.54, 1.807) is 42.0 Å². The van der Waals surface area contributed by atoms with Crippen molar-refractivity contribution in [1.29, 1.82) is 0 Å². The molecule has 0 saturated carbocycles. The Labute approximate surface area is 272 Å². The largest absolute Gasteiger partial charge is 0.496 e. The number of pyridine rings is 1. The van der Waals surface area contributed by atoms with Crippen LogP contribution in [0.3, 0.4) is 0 Å². The van der Waals surface area contributed by atoms with Gasteiger partial charge in [-0.25, -0.2) is 4.79 Å². The van der Waals surface area contributed by atoms with Crippen molar-refractivity contribution in [3.05, 3.63) is 74.1 Å². The molecule has 2 bridgehead atoms. The lowest BCUT2D eigenvalue weighted by Gasteiger charge is -2.36. The van der Waals surface area contributed by atoms with Gasteiger partial charge in [0.25, 0.3) is 5.56 Å². The van der Waals surface area contributed by atoms with E-state index in [4.69, 9.17) is 9.47 Å². The van der Waals surface area contributed by atoms with E-state index in [9.17, 15) is 19.2 Å². The van der Waals surface area contributed by atoms with Gasteiger partial charge in [0.05, 0.1) is 36.5 Å². The van der Waals surface area contributed by atoms with Gasteiger partial charge in [-0.3, -0.25) is 33.7 Å². The fourth-order valence-electron chi connectivity index (χ4n) is 7.88. The maximum Gasteiger partial charge on any atom is 0.329 e. The highest BCUT2D eigenvalue weighted by atomic mass is 16.5. The second-order valence-electron chi connectivity index (χ2n) is 13.0. The number of aryl methyl sites for hydroxylation is 2. The van der Waals surface area contributed by atoms with Crippen LogP contribution in [-0.4, -0.2) is 69.8 Å². The molecule has 3 fully saturated rings. The number of hydrogen-bond acceptors (Lipinski definition) is 8. The topological polar surface area (TPSA) is 120 Å². The number of piperidine rings is 1. The van der Waals surface area contributed by atoms with Gasteiger partial charge in [0.2, 0.25) is 11.8 Å². The molecule has 2 aromatic heterocycles. The Morgan fingerprint density at radius 1 is 0.936 bits per heavy atom. The van der Waals surface area contributed by atoms with Crippen molar-refractivity contribution in [1.82, 2.24) is 23.9 Å². The molecule has 3 aliphatic rings. The first-order valence-electron chi connectivity index (χ1n) is 16.0. The van der Waals surface area contributed by atoms with E-state index >= 15 is 0 Å². The van der Waals surface area contributed by atoms with E-state index in [0.717, 1.165) is 64.5 Å². The van der Waals surface area contributed by atoms with Crippen molar-refractivity contribution in [2.45, 2.75) is 57.8 Å². The summed E-state index contributed by atoms with van der Waals surface area (Å²) in [5.74, 6) is 0.730. The third-order valence-electron chi connectivity index (χ3n) is 10.5. The maximum absolute atomic E-state index is 13.5. The quantitative estimate of drug-likeness (QED) is 0.307. The predicted octanol–water partition coefficient (Wildman–Crippen LogP) is 2.78. The fourth-order valence-corrected chi connectivity index (χ4v) is 7.88. The number of carbonyl (C=O) groups excluding carboxylic acids is 2. The van der Waals surface area contributed by atoms with Crippen molar-refractivity contribution in [2.24, 2.45) is 14.1 Å². The molecule has 3 saturated heterocycles. The van der Waals surface area contributed by atoms with E-state index in [0.29, 0.717) is 24.0 Å². The average molecular weight is 641 g/mol. The van der Waals surface area contributed by atoms with E-state index in [1.165, 1.54) is 0 Å². The molecule has 2 aromatic carbocycles. The van der Waals surface area contributed by atoms with Crippen molar-refractivity contribution in [2.75, 3.05) is 32.2 Å². The highest BCUT2D eigenvalue weighted by molar-refractivity contribution is 6.00. The number of ether oxygens (including phenoxy) is 2. The zero-order valence-corrected chi connectivity index (χ0v) is 27.6. The number of benzene rings is 2. The molecule has 12 heteroatoms. The van der Waals surface area contributed by atoms with E-state index in [2.05, 4.69) is 21.2 Å². The third kappa shape index (κ3) is 4.84. The molecule has 47 heavy (non-hydrogen) atoms. The van der Waals surface area contributed by atoms with Crippen molar-refractivity contribution >= 4 is 28.5 Å². The minimum absolute atomic E-state index is 0.00901. The number of amides is 2. The van der Waals surface area contributed by atoms with Gasteiger partial charge in [0.1, 0.15) is 17.5 Å². The van der Waals surface area contributed by atoms with E-state index < -0.39 is 11.9 Å². The number of para-hydroxylation sites is 1. The number of likely N-dealkylation sites (tertiary alicyclic amines) is 1. The number of methoxy groups -OCH3 is 2. The highest BCUT2D eigenvalue weighted by Gasteiger charge is 2.44. The highest BCUT2D eigenvalue weighted by Crippen LogP contribution is 2.42. The minimum atomic E-state index is -0.720. The molecule has 12 nitrogen and oxygen atoms in total. The number of imide groups is 1. The summed E-state index contributed by atoms with van der Waals surface area (Å²) >= 11 is 0. The van der Waals surface area contributed by atoms with Gasteiger partial charge in [0, 0.05) is 69.6 Å². The Kier molecular flexibility index (Phi) is 7.50. The summed E-state index contributed by atoms with van der Waals surface area (Å²) in [6.45, 7) is 6.09. The average Bonchev–Trinajstić information content (AvgIpc) is 3.73. The molecule has 7 rings (SSSR count). The molecule has 1 N–H and O–H groups in total. The smallest absolute Gasteiger partial charge is 0.329 e. The second-order valence-corrected chi connectivity index (χ2v) is 13.0. The minimum Gasteiger partial charge on any atom is -0.496 e. The number of anilines is 1. The Balaban J connectivity index is 1.17. The number of aromatic nitrogens is 3. The molecule has 3 aliphatic heterocycles. The molecule has 0 aliphatic carbocycles. The Hall–Kier alpha value is -4.84. The number of imidazole rings is 1. The van der Waals surface area contributed by atoms with Crippen LogP contribution < -0.4 is 30.9 Å². The summed E-state index contributed by atoms with van der Waals surface area (Å²) in [7, 11) is 6.85. The first kappa shape index (κ1) is 30.8. The van der Waals surface area contributed by atoms with E-state index in [1.807, 2.05) is 44.3 Å². The van der Waals surface area contributed by atoms with Crippen molar-refractivity contribution in [3.63, 3.8) is 0 Å². The first-order valence-corrected chi connectivity index (χ1v) is 16.0. The van der Waals surface area contributed by atoms with Crippen LogP contribution in [0.5, 0.6) is 11.5 Å². The van der Waals surface area contributed by atoms with Crippen LogP contribution in [0.2, 0.25) is 0 Å². The molecule has 5 heterocycles. The van der Waals surface area contributed by atoms with Crippen LogP contribution in [0, 0.1) is 13.8 Å². The summed E-state index contributed by atoms with van der Waals surface area (Å²) < 4.78 is 16.6. The van der Waals surface area contributed by atoms with Gasteiger partial charge in [-0.15, -0.1) is 0 Å². The Morgan fingerprint density at radius 3 is 2.30 bits per heavy atom. The van der Waals surface area contributed by atoms with Gasteiger partial charge >= 0.3 is 5.69 Å². The summed E-state index contributed by atoms with van der Waals surface area (Å²) in [5, 5.41) is 2.39. The van der Waals surface area contributed by atoms with Gasteiger partial charge in [-0.05, 0) is 62.1 Å². The molecule has 246 valence electrons. The number of rotatable bonds is 7. The van der Waals surface area contributed by atoms with Crippen LogP contribution in [0.4, 0.5) is 5.69 Å². The zero-order chi connectivity index (χ0) is 33.3. The monoisotopic (exact) mass is 640 g/mol. The number of hydrogen-bond donors (Lipinski definition) is 1. The molecule has 0 radical (unpaired) electrons. The molecule has 2 amide bonds. The lowest BCUT2D eigenvalue weighted by molar-refractivity contribution is -0.135. The normalized spacial score (nSPS) is 21.1. The third-order valence-corrected chi connectivity index (χ3v) is 10.5. The molecular formula is C35H40N6O6. The molecule has 3 atom stereocenters. The van der Waals surface area contributed by atoms with Gasteiger partial charge in [-0.2, -0.15) is 0 Å². The van der Waals surface area contributed by atoms with Crippen LogP contribution in [0.1, 0.15) is 42.0 Å². The van der Waals surface area contributed by atoms with Gasteiger partial charge in [-0.1, -0.05) is 6.07 Å². The number of nitrogens with zero attached hydrogens (tertiary/aromatic N) is 5. The molecule has 0 spiro atoms. The van der Waals surface area contributed by atoms with Crippen molar-refractivity contribution < 1.29 is 19.1 Å². The van der Waals surface area contributed by atoms with Crippen LogP contribution in [0.25, 0.3) is 22.2 Å². The number of piperazine rings is 1. The lowest BCUT2D eigenvalue weighted by atomic mass is 9.97. The van der Waals surface area contributed by atoms with Gasteiger partial charge < -0.3 is 18.9 Å². The SMILES string of the molecule is COc1cc(-c2cn(C)c(=O)c(C)c2C)cc(OC)c1CN1C[C@@H]2C[C@H]1CN2c1cccc2c1n(C)c(=O)n2C1CCC(=O)NC1=O. The van der Waals surface area contributed by atoms with Crippen molar-refractivity contribution in [3.8, 4) is 22.6 Å². The second kappa shape index (κ2) is 11.4. The van der Waals surface area contributed by atoms with Gasteiger partial charge in [0.15, 0.2) is 0 Å². The van der Waals surface area contributed by atoms with Crippen LogP contribution >= 0.6 is 0 Å². The molecule has 1 unspecified atom stereocenters. The van der Waals surface area contributed by atoms with Crippen LogP contribution in [0.15, 0.2) is 46.1 Å². The summed E-state index contributed by atoms with van der Waals surface area (Å²) in [6, 6.07) is 9.73. The summed E-state index contributed by atoms with van der Waals surface area (Å²) in [6.07, 6.45) is 3.35. The zero-order valence-electron chi connectivity index (χ0n) is 27.6. The number of fused-ring (bicyclic) bond motifs is 3. The van der Waals surface area contributed by atoms with Crippen LogP contribution in [-0.2, 0) is 30.2 Å². The predicted molar refractivity (Wildman–Crippen MR) is 178 cm³/mol. The standard InChI is InChI=1S/C35H40N6O6/c1-19-20(2)34(44)37(3)17-24(19)21-12-29(46-5)25(30(13-21)47-6)18-39-15-23-14-22(39)16-40(23)26-8-7-9-27-32(26)38(4)35(45)41(27)28-10-11-31(42)36-33(28)43/h7-9,12-13,17,22-23,28H,10-11,14-16,18H2,1-6H3,(H,36,42,43)/t22-,23-,28?/m0/s1.